The number of piperidine rings is 1. The molecular weight excluding hydrogens is 194 g/mol. The van der Waals surface area contributed by atoms with Crippen molar-refractivity contribution < 1.29 is 5.11 Å². The van der Waals surface area contributed by atoms with Gasteiger partial charge in [-0.15, -0.1) is 12.6 Å². The number of nitrogens with one attached hydrogen (secondary N) is 1. The second-order valence-electron chi connectivity index (χ2n) is 3.72. The Labute approximate surface area is 89.7 Å². The lowest BCUT2D eigenvalue weighted by molar-refractivity contribution is 0.387. The lowest BCUT2D eigenvalue weighted by atomic mass is 9.97. The fraction of sp³-hybridized carbons (Fsp3) is 0.455. The van der Waals surface area contributed by atoms with E-state index in [0.29, 0.717) is 16.7 Å². The van der Waals surface area contributed by atoms with E-state index in [2.05, 4.69) is 17.9 Å². The molecule has 1 atom stereocenters. The van der Waals surface area contributed by atoms with Gasteiger partial charge in [0.25, 0.3) is 0 Å². The first kappa shape index (κ1) is 9.87. The predicted octanol–water partition coefficient (Wildman–Crippen LogP) is 2.50. The minimum Gasteiger partial charge on any atom is -0.506 e. The average Bonchev–Trinajstić information content (AvgIpc) is 2.23. The third kappa shape index (κ3) is 1.88. The molecule has 2 rings (SSSR count). The number of para-hydroxylation sites is 1. The molecule has 0 bridgehead atoms. The van der Waals surface area contributed by atoms with E-state index in [1.165, 1.54) is 12.8 Å². The molecule has 1 fully saturated rings. The van der Waals surface area contributed by atoms with Gasteiger partial charge in [-0.05, 0) is 25.5 Å². The van der Waals surface area contributed by atoms with Crippen LogP contribution < -0.4 is 5.32 Å². The van der Waals surface area contributed by atoms with Crippen LogP contribution >= 0.6 is 12.6 Å². The number of phenolic OH excluding ortho intramolecular Hbond substituents is 1. The van der Waals surface area contributed by atoms with Crippen molar-refractivity contribution in [3.8, 4) is 5.75 Å². The summed E-state index contributed by atoms with van der Waals surface area (Å²) in [6.45, 7) is 1.04. The van der Waals surface area contributed by atoms with Crippen LogP contribution in [0.1, 0.15) is 30.9 Å². The Morgan fingerprint density at radius 3 is 2.93 bits per heavy atom. The number of hydrogen-bond acceptors (Lipinski definition) is 3. The lowest BCUT2D eigenvalue weighted by Crippen LogP contribution is -2.26. The third-order valence-electron chi connectivity index (χ3n) is 2.73. The summed E-state index contributed by atoms with van der Waals surface area (Å²) < 4.78 is 0. The van der Waals surface area contributed by atoms with Crippen LogP contribution in [0.3, 0.4) is 0 Å². The Bertz CT molecular complexity index is 321. The minimum absolute atomic E-state index is 0.302. The van der Waals surface area contributed by atoms with Crippen molar-refractivity contribution in [1.82, 2.24) is 5.32 Å². The van der Waals surface area contributed by atoms with Gasteiger partial charge in [0.2, 0.25) is 0 Å². The molecular formula is C11H15NOS. The SMILES string of the molecule is Oc1c(S)cccc1C1CCCCN1. The molecule has 1 aliphatic rings. The molecule has 1 aromatic carbocycles. The van der Waals surface area contributed by atoms with Gasteiger partial charge in [-0.3, -0.25) is 0 Å². The molecule has 2 nitrogen and oxygen atoms in total. The van der Waals surface area contributed by atoms with Crippen LogP contribution in [0, 0.1) is 0 Å². The quantitative estimate of drug-likeness (QED) is 0.621. The van der Waals surface area contributed by atoms with Gasteiger partial charge in [0.15, 0.2) is 0 Å². The second kappa shape index (κ2) is 4.24. The standard InChI is InChI=1S/C11H15NOS/c13-11-8(4-3-6-10(11)14)9-5-1-2-7-12-9/h3-4,6,9,12-14H,1-2,5,7H2. The van der Waals surface area contributed by atoms with E-state index in [0.717, 1.165) is 18.5 Å². The van der Waals surface area contributed by atoms with Crippen LogP contribution in [0.4, 0.5) is 0 Å². The summed E-state index contributed by atoms with van der Waals surface area (Å²) in [6, 6.07) is 6.02. The molecule has 76 valence electrons. The van der Waals surface area contributed by atoms with Crippen molar-refractivity contribution in [3.63, 3.8) is 0 Å². The number of hydrogen-bond donors (Lipinski definition) is 3. The van der Waals surface area contributed by atoms with Crippen molar-refractivity contribution >= 4 is 12.6 Å². The third-order valence-corrected chi connectivity index (χ3v) is 3.09. The van der Waals surface area contributed by atoms with E-state index in [9.17, 15) is 5.11 Å². The molecule has 1 unspecified atom stereocenters. The van der Waals surface area contributed by atoms with Gasteiger partial charge in [-0.2, -0.15) is 0 Å². The molecule has 0 radical (unpaired) electrons. The Hall–Kier alpha value is -0.670. The summed E-state index contributed by atoms with van der Waals surface area (Å²) in [4.78, 5) is 0.662. The fourth-order valence-corrected chi connectivity index (χ4v) is 2.16. The summed E-state index contributed by atoms with van der Waals surface area (Å²) >= 11 is 4.21. The van der Waals surface area contributed by atoms with Crippen LogP contribution in [0.5, 0.6) is 5.75 Å². The normalized spacial score (nSPS) is 22.2. The highest BCUT2D eigenvalue weighted by Gasteiger charge is 2.18. The van der Waals surface area contributed by atoms with Crippen LogP contribution in [-0.2, 0) is 0 Å². The summed E-state index contributed by atoms with van der Waals surface area (Å²) in [6.07, 6.45) is 3.57. The van der Waals surface area contributed by atoms with E-state index in [1.807, 2.05) is 18.2 Å². The van der Waals surface area contributed by atoms with Gasteiger partial charge >= 0.3 is 0 Å². The maximum absolute atomic E-state index is 9.83. The van der Waals surface area contributed by atoms with Crippen molar-refractivity contribution in [1.29, 1.82) is 0 Å². The Balaban J connectivity index is 2.26. The van der Waals surface area contributed by atoms with Gasteiger partial charge in [-0.25, -0.2) is 0 Å². The van der Waals surface area contributed by atoms with Gasteiger partial charge in [0.1, 0.15) is 5.75 Å². The first-order valence-corrected chi connectivity index (χ1v) is 5.48. The molecule has 1 saturated heterocycles. The second-order valence-corrected chi connectivity index (χ2v) is 4.20. The van der Waals surface area contributed by atoms with E-state index in [1.54, 1.807) is 0 Å². The van der Waals surface area contributed by atoms with E-state index in [4.69, 9.17) is 0 Å². The van der Waals surface area contributed by atoms with E-state index >= 15 is 0 Å². The molecule has 14 heavy (non-hydrogen) atoms. The zero-order chi connectivity index (χ0) is 9.97. The first-order chi connectivity index (χ1) is 6.79. The zero-order valence-corrected chi connectivity index (χ0v) is 8.93. The van der Waals surface area contributed by atoms with Crippen LogP contribution in [0.15, 0.2) is 23.1 Å². The van der Waals surface area contributed by atoms with Crippen molar-refractivity contribution in [2.45, 2.75) is 30.2 Å². The molecule has 3 heteroatoms. The summed E-state index contributed by atoms with van der Waals surface area (Å²) in [5.74, 6) is 0.329. The maximum atomic E-state index is 9.83. The Morgan fingerprint density at radius 2 is 2.21 bits per heavy atom. The van der Waals surface area contributed by atoms with Crippen LogP contribution in [0.25, 0.3) is 0 Å². The number of benzene rings is 1. The van der Waals surface area contributed by atoms with Crippen molar-refractivity contribution in [2.75, 3.05) is 6.54 Å². The highest BCUT2D eigenvalue weighted by molar-refractivity contribution is 7.80. The van der Waals surface area contributed by atoms with Gasteiger partial charge in [0.05, 0.1) is 0 Å². The highest BCUT2D eigenvalue weighted by atomic mass is 32.1. The smallest absolute Gasteiger partial charge is 0.133 e. The molecule has 2 N–H and O–H groups in total. The average molecular weight is 209 g/mol. The number of aromatic hydroxyl groups is 1. The number of thiol groups is 1. The molecule has 0 aromatic heterocycles. The minimum atomic E-state index is 0.302. The number of phenols is 1. The molecule has 0 spiro atoms. The van der Waals surface area contributed by atoms with E-state index < -0.39 is 0 Å². The molecule has 1 aliphatic heterocycles. The monoisotopic (exact) mass is 209 g/mol. The van der Waals surface area contributed by atoms with Crippen molar-refractivity contribution in [3.05, 3.63) is 23.8 Å². The highest BCUT2D eigenvalue weighted by Crippen LogP contribution is 2.33. The molecule has 0 aliphatic carbocycles. The van der Waals surface area contributed by atoms with Crippen LogP contribution in [0.2, 0.25) is 0 Å². The number of rotatable bonds is 1. The van der Waals surface area contributed by atoms with E-state index in [-0.39, 0.29) is 0 Å². The lowest BCUT2D eigenvalue weighted by Gasteiger charge is -2.24. The summed E-state index contributed by atoms with van der Waals surface area (Å²) in [7, 11) is 0. The van der Waals surface area contributed by atoms with Crippen molar-refractivity contribution in [2.24, 2.45) is 0 Å². The topological polar surface area (TPSA) is 32.3 Å². The summed E-state index contributed by atoms with van der Waals surface area (Å²) in [5, 5.41) is 13.2. The van der Waals surface area contributed by atoms with Gasteiger partial charge in [0, 0.05) is 16.5 Å². The predicted molar refractivity (Wildman–Crippen MR) is 60.0 cm³/mol. The van der Waals surface area contributed by atoms with Gasteiger partial charge in [-0.1, -0.05) is 18.6 Å². The van der Waals surface area contributed by atoms with Gasteiger partial charge < -0.3 is 10.4 Å². The molecule has 1 aromatic rings. The zero-order valence-electron chi connectivity index (χ0n) is 8.03. The fourth-order valence-electron chi connectivity index (χ4n) is 1.95. The Morgan fingerprint density at radius 1 is 1.36 bits per heavy atom. The maximum Gasteiger partial charge on any atom is 0.133 e. The molecule has 1 heterocycles. The molecule has 0 amide bonds. The summed E-state index contributed by atoms with van der Waals surface area (Å²) in [5.41, 5.74) is 0.984. The Kier molecular flexibility index (Phi) is 2.99. The van der Waals surface area contributed by atoms with Crippen LogP contribution in [-0.4, -0.2) is 11.7 Å². The molecule has 0 saturated carbocycles. The largest absolute Gasteiger partial charge is 0.506 e. The first-order valence-electron chi connectivity index (χ1n) is 5.03.